The van der Waals surface area contributed by atoms with E-state index in [1.165, 1.54) is 30.2 Å². The summed E-state index contributed by atoms with van der Waals surface area (Å²) in [5.74, 6) is 0. The summed E-state index contributed by atoms with van der Waals surface area (Å²) in [5.41, 5.74) is 3.02. The third-order valence-corrected chi connectivity index (χ3v) is 4.04. The molecule has 1 aromatic heterocycles. The lowest BCUT2D eigenvalue weighted by Gasteiger charge is -2.17. The number of pyridine rings is 1. The lowest BCUT2D eigenvalue weighted by molar-refractivity contribution is 0.300. The predicted molar refractivity (Wildman–Crippen MR) is 68.0 cm³/mol. The zero-order valence-electron chi connectivity index (χ0n) is 9.94. The summed E-state index contributed by atoms with van der Waals surface area (Å²) in [6, 6.07) is 4.19. The topological polar surface area (TPSA) is 56.9 Å². The molecule has 3 nitrogen and oxygen atoms in total. The third kappa shape index (κ3) is 2.80. The van der Waals surface area contributed by atoms with Gasteiger partial charge in [-0.1, -0.05) is 18.7 Å². The van der Waals surface area contributed by atoms with Crippen molar-refractivity contribution in [2.75, 3.05) is 6.61 Å². The fraction of sp³-hybridized carbons (Fsp3) is 0.538. The predicted octanol–water partition coefficient (Wildman–Crippen LogP) is 2.30. The van der Waals surface area contributed by atoms with E-state index in [9.17, 15) is 0 Å². The van der Waals surface area contributed by atoms with Gasteiger partial charge in [-0.25, -0.2) is 4.98 Å². The van der Waals surface area contributed by atoms with Crippen molar-refractivity contribution >= 4 is 11.8 Å². The van der Waals surface area contributed by atoms with Crippen LogP contribution in [-0.2, 0) is 12.8 Å². The number of hydrogen-bond acceptors (Lipinski definition) is 4. The van der Waals surface area contributed by atoms with Gasteiger partial charge >= 0.3 is 0 Å². The number of aliphatic hydroxyl groups excluding tert-OH is 1. The second kappa shape index (κ2) is 5.52. The standard InChI is InChI=1S/C13H16N2OS/c1-9(8-16)17-13-11(7-14)6-10-4-2-3-5-12(10)15-13/h6,9,16H,2-5,8H2,1H3. The molecule has 1 atom stereocenters. The molecule has 1 aliphatic carbocycles. The second-order valence-corrected chi connectivity index (χ2v) is 5.80. The lowest BCUT2D eigenvalue weighted by Crippen LogP contribution is -2.09. The quantitative estimate of drug-likeness (QED) is 0.834. The summed E-state index contributed by atoms with van der Waals surface area (Å²) < 4.78 is 0. The molecule has 0 saturated carbocycles. The molecule has 2 rings (SSSR count). The molecule has 0 bridgehead atoms. The van der Waals surface area contributed by atoms with Crippen molar-refractivity contribution in [3.63, 3.8) is 0 Å². The van der Waals surface area contributed by atoms with E-state index in [-0.39, 0.29) is 11.9 Å². The fourth-order valence-electron chi connectivity index (χ4n) is 2.01. The molecule has 1 aromatic rings. The average molecular weight is 248 g/mol. The lowest BCUT2D eigenvalue weighted by atomic mass is 9.95. The van der Waals surface area contributed by atoms with E-state index >= 15 is 0 Å². The Morgan fingerprint density at radius 1 is 1.53 bits per heavy atom. The highest BCUT2D eigenvalue weighted by molar-refractivity contribution is 7.99. The van der Waals surface area contributed by atoms with Crippen LogP contribution in [0.5, 0.6) is 0 Å². The van der Waals surface area contributed by atoms with Gasteiger partial charge in [-0.15, -0.1) is 0 Å². The van der Waals surface area contributed by atoms with Crippen LogP contribution >= 0.6 is 11.8 Å². The molecule has 0 radical (unpaired) electrons. The van der Waals surface area contributed by atoms with Crippen LogP contribution in [0.2, 0.25) is 0 Å². The summed E-state index contributed by atoms with van der Waals surface area (Å²) in [4.78, 5) is 4.60. The number of aromatic nitrogens is 1. The van der Waals surface area contributed by atoms with E-state index in [0.29, 0.717) is 5.56 Å². The molecule has 90 valence electrons. The van der Waals surface area contributed by atoms with Crippen molar-refractivity contribution in [2.24, 2.45) is 0 Å². The summed E-state index contributed by atoms with van der Waals surface area (Å²) in [6.07, 6.45) is 4.43. The third-order valence-electron chi connectivity index (χ3n) is 2.96. The highest BCUT2D eigenvalue weighted by atomic mass is 32.2. The van der Waals surface area contributed by atoms with Gasteiger partial charge in [0.15, 0.2) is 0 Å². The monoisotopic (exact) mass is 248 g/mol. The molecule has 0 aliphatic heterocycles. The number of aliphatic hydroxyl groups is 1. The molecule has 0 amide bonds. The van der Waals surface area contributed by atoms with Gasteiger partial charge in [0.2, 0.25) is 0 Å². The number of rotatable bonds is 3. The average Bonchev–Trinajstić information content (AvgIpc) is 2.37. The van der Waals surface area contributed by atoms with Crippen LogP contribution in [0.4, 0.5) is 0 Å². The van der Waals surface area contributed by atoms with E-state index in [2.05, 4.69) is 11.1 Å². The minimum absolute atomic E-state index is 0.0799. The first kappa shape index (κ1) is 12.4. The Morgan fingerprint density at radius 3 is 3.00 bits per heavy atom. The highest BCUT2D eigenvalue weighted by Gasteiger charge is 2.16. The van der Waals surface area contributed by atoms with Gasteiger partial charge in [-0.3, -0.25) is 0 Å². The maximum Gasteiger partial charge on any atom is 0.114 e. The van der Waals surface area contributed by atoms with Crippen molar-refractivity contribution in [1.82, 2.24) is 4.98 Å². The molecule has 17 heavy (non-hydrogen) atoms. The molecule has 0 aromatic carbocycles. The van der Waals surface area contributed by atoms with Gasteiger partial charge in [0.25, 0.3) is 0 Å². The van der Waals surface area contributed by atoms with Crippen LogP contribution in [-0.4, -0.2) is 21.9 Å². The molecular weight excluding hydrogens is 232 g/mol. The van der Waals surface area contributed by atoms with Gasteiger partial charge in [0, 0.05) is 10.9 Å². The molecule has 1 N–H and O–H groups in total. The zero-order chi connectivity index (χ0) is 12.3. The number of nitrogens with zero attached hydrogens (tertiary/aromatic N) is 2. The van der Waals surface area contributed by atoms with E-state index in [1.807, 2.05) is 13.0 Å². The van der Waals surface area contributed by atoms with Crippen molar-refractivity contribution in [3.05, 3.63) is 22.9 Å². The summed E-state index contributed by atoms with van der Waals surface area (Å²) in [5, 5.41) is 19.1. The van der Waals surface area contributed by atoms with Crippen molar-refractivity contribution in [2.45, 2.75) is 42.9 Å². The second-order valence-electron chi connectivity index (χ2n) is 4.38. The Kier molecular flexibility index (Phi) is 4.03. The number of hydrogen-bond donors (Lipinski definition) is 1. The van der Waals surface area contributed by atoms with Crippen molar-refractivity contribution in [3.8, 4) is 6.07 Å². The number of fused-ring (bicyclic) bond motifs is 1. The highest BCUT2D eigenvalue weighted by Crippen LogP contribution is 2.29. The van der Waals surface area contributed by atoms with E-state index < -0.39 is 0 Å². The van der Waals surface area contributed by atoms with Crippen LogP contribution in [0.3, 0.4) is 0 Å². The zero-order valence-corrected chi connectivity index (χ0v) is 10.8. The van der Waals surface area contributed by atoms with Gasteiger partial charge in [-0.05, 0) is 37.3 Å². The van der Waals surface area contributed by atoms with E-state index in [0.717, 1.165) is 23.6 Å². The van der Waals surface area contributed by atoms with Gasteiger partial charge in [-0.2, -0.15) is 5.26 Å². The minimum Gasteiger partial charge on any atom is -0.395 e. The molecule has 1 unspecified atom stereocenters. The van der Waals surface area contributed by atoms with Crippen LogP contribution in [0.15, 0.2) is 11.1 Å². The smallest absolute Gasteiger partial charge is 0.114 e. The van der Waals surface area contributed by atoms with Gasteiger partial charge in [0.05, 0.1) is 12.2 Å². The maximum absolute atomic E-state index is 9.14. The largest absolute Gasteiger partial charge is 0.395 e. The molecule has 1 aliphatic rings. The number of aryl methyl sites for hydroxylation is 2. The van der Waals surface area contributed by atoms with E-state index in [1.54, 1.807) is 0 Å². The van der Waals surface area contributed by atoms with Gasteiger partial charge in [0.1, 0.15) is 11.1 Å². The fourth-order valence-corrected chi connectivity index (χ4v) is 2.86. The summed E-state index contributed by atoms with van der Waals surface area (Å²) >= 11 is 1.48. The summed E-state index contributed by atoms with van der Waals surface area (Å²) in [6.45, 7) is 2.04. The van der Waals surface area contributed by atoms with Crippen molar-refractivity contribution in [1.29, 1.82) is 5.26 Å². The number of nitriles is 1. The van der Waals surface area contributed by atoms with Crippen molar-refractivity contribution < 1.29 is 5.11 Å². The Morgan fingerprint density at radius 2 is 2.29 bits per heavy atom. The Hall–Kier alpha value is -1.05. The Balaban J connectivity index is 2.34. The van der Waals surface area contributed by atoms with Crippen LogP contribution in [0, 0.1) is 11.3 Å². The molecule has 0 fully saturated rings. The molecule has 4 heteroatoms. The van der Waals surface area contributed by atoms with Gasteiger partial charge < -0.3 is 5.11 Å². The Labute approximate surface area is 106 Å². The molecule has 0 saturated heterocycles. The minimum atomic E-state index is 0.0799. The van der Waals surface area contributed by atoms with Crippen LogP contribution in [0.1, 0.15) is 36.6 Å². The van der Waals surface area contributed by atoms with Crippen LogP contribution in [0.25, 0.3) is 0 Å². The normalized spacial score (nSPS) is 16.1. The molecule has 0 spiro atoms. The first-order valence-corrected chi connectivity index (χ1v) is 6.83. The number of thioether (sulfide) groups is 1. The SMILES string of the molecule is CC(CO)Sc1nc2c(cc1C#N)CCCC2. The maximum atomic E-state index is 9.14. The molecular formula is C13H16N2OS. The summed E-state index contributed by atoms with van der Waals surface area (Å²) in [7, 11) is 0. The van der Waals surface area contributed by atoms with Crippen LogP contribution < -0.4 is 0 Å². The first-order valence-electron chi connectivity index (χ1n) is 5.95. The molecule has 1 heterocycles. The first-order chi connectivity index (χ1) is 8.24. The Bertz CT molecular complexity index is 453. The van der Waals surface area contributed by atoms with E-state index in [4.69, 9.17) is 10.4 Å².